The summed E-state index contributed by atoms with van der Waals surface area (Å²) in [5.41, 5.74) is 1.22. The average Bonchev–Trinajstić information content (AvgIpc) is 2.38. The second kappa shape index (κ2) is 9.08. The third kappa shape index (κ3) is 7.31. The molecule has 0 aliphatic carbocycles. The Labute approximate surface area is 117 Å². The molecule has 1 rings (SSSR count). The molecule has 0 aliphatic rings. The fraction of sp³-hybridized carbons (Fsp3) is 0.647. The van der Waals surface area contributed by atoms with Gasteiger partial charge in [0, 0.05) is 6.04 Å². The van der Waals surface area contributed by atoms with Crippen molar-refractivity contribution in [2.45, 2.75) is 58.9 Å². The number of halogens is 1. The SMILES string of the molecule is CCCNC(CCCC(C)C)Cc1ccc(F)cc1. The van der Waals surface area contributed by atoms with Crippen LogP contribution >= 0.6 is 0 Å². The van der Waals surface area contributed by atoms with E-state index >= 15 is 0 Å². The Balaban J connectivity index is 2.45. The molecule has 19 heavy (non-hydrogen) atoms. The van der Waals surface area contributed by atoms with Crippen molar-refractivity contribution < 1.29 is 4.39 Å². The lowest BCUT2D eigenvalue weighted by atomic mass is 9.98. The van der Waals surface area contributed by atoms with Crippen LogP contribution in [0.15, 0.2) is 24.3 Å². The molecular weight excluding hydrogens is 237 g/mol. The summed E-state index contributed by atoms with van der Waals surface area (Å²) < 4.78 is 12.9. The van der Waals surface area contributed by atoms with Crippen molar-refractivity contribution in [2.24, 2.45) is 5.92 Å². The van der Waals surface area contributed by atoms with Crippen molar-refractivity contribution in [3.8, 4) is 0 Å². The van der Waals surface area contributed by atoms with E-state index in [9.17, 15) is 4.39 Å². The van der Waals surface area contributed by atoms with E-state index in [2.05, 4.69) is 26.1 Å². The van der Waals surface area contributed by atoms with Crippen molar-refractivity contribution in [1.29, 1.82) is 0 Å². The van der Waals surface area contributed by atoms with Crippen molar-refractivity contribution >= 4 is 0 Å². The number of benzene rings is 1. The molecule has 0 amide bonds. The van der Waals surface area contributed by atoms with Crippen LogP contribution in [0.2, 0.25) is 0 Å². The third-order valence-corrected chi connectivity index (χ3v) is 3.41. The molecule has 1 aromatic carbocycles. The largest absolute Gasteiger partial charge is 0.314 e. The Hall–Kier alpha value is -0.890. The maximum Gasteiger partial charge on any atom is 0.123 e. The van der Waals surface area contributed by atoms with Gasteiger partial charge in [0.15, 0.2) is 0 Å². The van der Waals surface area contributed by atoms with Crippen molar-refractivity contribution in [3.63, 3.8) is 0 Å². The lowest BCUT2D eigenvalue weighted by Gasteiger charge is -2.19. The van der Waals surface area contributed by atoms with E-state index in [1.54, 1.807) is 12.1 Å². The van der Waals surface area contributed by atoms with E-state index in [1.165, 1.54) is 24.8 Å². The van der Waals surface area contributed by atoms with E-state index in [-0.39, 0.29) is 5.82 Å². The van der Waals surface area contributed by atoms with E-state index in [4.69, 9.17) is 0 Å². The van der Waals surface area contributed by atoms with Gasteiger partial charge in [-0.05, 0) is 49.4 Å². The summed E-state index contributed by atoms with van der Waals surface area (Å²) >= 11 is 0. The fourth-order valence-corrected chi connectivity index (χ4v) is 2.30. The van der Waals surface area contributed by atoms with Crippen molar-refractivity contribution in [2.75, 3.05) is 6.54 Å². The molecule has 1 atom stereocenters. The first-order chi connectivity index (χ1) is 9.11. The van der Waals surface area contributed by atoms with Crippen molar-refractivity contribution in [3.05, 3.63) is 35.6 Å². The lowest BCUT2D eigenvalue weighted by Crippen LogP contribution is -2.31. The first kappa shape index (κ1) is 16.2. The second-order valence-corrected chi connectivity index (χ2v) is 5.81. The Morgan fingerprint density at radius 2 is 1.79 bits per heavy atom. The minimum Gasteiger partial charge on any atom is -0.314 e. The molecule has 0 aliphatic heterocycles. The molecule has 0 fully saturated rings. The molecule has 108 valence electrons. The lowest BCUT2D eigenvalue weighted by molar-refractivity contribution is 0.434. The molecule has 0 bridgehead atoms. The average molecular weight is 265 g/mol. The smallest absolute Gasteiger partial charge is 0.123 e. The molecule has 0 radical (unpaired) electrons. The van der Waals surface area contributed by atoms with Crippen LogP contribution < -0.4 is 5.32 Å². The van der Waals surface area contributed by atoms with Gasteiger partial charge in [-0.2, -0.15) is 0 Å². The summed E-state index contributed by atoms with van der Waals surface area (Å²) in [5.74, 6) is 0.624. The molecule has 0 aromatic heterocycles. The molecule has 1 N–H and O–H groups in total. The number of hydrogen-bond donors (Lipinski definition) is 1. The van der Waals surface area contributed by atoms with Crippen LogP contribution in [0.4, 0.5) is 4.39 Å². The highest BCUT2D eigenvalue weighted by atomic mass is 19.1. The Morgan fingerprint density at radius 1 is 1.11 bits per heavy atom. The van der Waals surface area contributed by atoms with Crippen LogP contribution in [-0.2, 0) is 6.42 Å². The van der Waals surface area contributed by atoms with Crippen LogP contribution in [0.3, 0.4) is 0 Å². The Morgan fingerprint density at radius 3 is 2.37 bits per heavy atom. The molecule has 1 unspecified atom stereocenters. The highest BCUT2D eigenvalue weighted by molar-refractivity contribution is 5.17. The predicted octanol–water partition coefficient (Wildman–Crippen LogP) is 4.56. The van der Waals surface area contributed by atoms with Gasteiger partial charge in [-0.3, -0.25) is 0 Å². The maximum absolute atomic E-state index is 12.9. The number of rotatable bonds is 9. The van der Waals surface area contributed by atoms with E-state index in [0.717, 1.165) is 25.3 Å². The van der Waals surface area contributed by atoms with Crippen LogP contribution in [0, 0.1) is 11.7 Å². The second-order valence-electron chi connectivity index (χ2n) is 5.81. The van der Waals surface area contributed by atoms with Gasteiger partial charge in [0.2, 0.25) is 0 Å². The minimum absolute atomic E-state index is 0.151. The summed E-state index contributed by atoms with van der Waals surface area (Å²) in [5, 5.41) is 3.61. The summed E-state index contributed by atoms with van der Waals surface area (Å²) in [6.45, 7) is 7.80. The zero-order valence-corrected chi connectivity index (χ0v) is 12.6. The fourth-order valence-electron chi connectivity index (χ4n) is 2.30. The highest BCUT2D eigenvalue weighted by Gasteiger charge is 2.09. The monoisotopic (exact) mass is 265 g/mol. The van der Waals surface area contributed by atoms with E-state index in [1.807, 2.05) is 12.1 Å². The zero-order valence-electron chi connectivity index (χ0n) is 12.6. The van der Waals surface area contributed by atoms with Crippen LogP contribution in [0.1, 0.15) is 52.0 Å². The van der Waals surface area contributed by atoms with Gasteiger partial charge in [-0.25, -0.2) is 4.39 Å². The Bertz CT molecular complexity index is 332. The summed E-state index contributed by atoms with van der Waals surface area (Å²) in [6, 6.07) is 7.43. The highest BCUT2D eigenvalue weighted by Crippen LogP contribution is 2.13. The summed E-state index contributed by atoms with van der Waals surface area (Å²) in [7, 11) is 0. The number of nitrogens with one attached hydrogen (secondary N) is 1. The van der Waals surface area contributed by atoms with Crippen LogP contribution in [0.25, 0.3) is 0 Å². The van der Waals surface area contributed by atoms with Gasteiger partial charge in [-0.15, -0.1) is 0 Å². The molecule has 1 nitrogen and oxygen atoms in total. The quantitative estimate of drug-likeness (QED) is 0.690. The Kier molecular flexibility index (Phi) is 7.73. The van der Waals surface area contributed by atoms with Gasteiger partial charge in [0.05, 0.1) is 0 Å². The summed E-state index contributed by atoms with van der Waals surface area (Å²) in [4.78, 5) is 0. The first-order valence-electron chi connectivity index (χ1n) is 7.59. The van der Waals surface area contributed by atoms with Crippen LogP contribution in [0.5, 0.6) is 0 Å². The molecule has 0 heterocycles. The van der Waals surface area contributed by atoms with Gasteiger partial charge >= 0.3 is 0 Å². The van der Waals surface area contributed by atoms with Gasteiger partial charge in [0.1, 0.15) is 5.82 Å². The van der Waals surface area contributed by atoms with Crippen molar-refractivity contribution in [1.82, 2.24) is 5.32 Å². The topological polar surface area (TPSA) is 12.0 Å². The van der Waals surface area contributed by atoms with Gasteiger partial charge < -0.3 is 5.32 Å². The third-order valence-electron chi connectivity index (χ3n) is 3.41. The number of hydrogen-bond acceptors (Lipinski definition) is 1. The van der Waals surface area contributed by atoms with Crippen LogP contribution in [-0.4, -0.2) is 12.6 Å². The molecular formula is C17H28FN. The van der Waals surface area contributed by atoms with Gasteiger partial charge in [-0.1, -0.05) is 45.7 Å². The van der Waals surface area contributed by atoms with E-state index < -0.39 is 0 Å². The first-order valence-corrected chi connectivity index (χ1v) is 7.59. The summed E-state index contributed by atoms with van der Waals surface area (Å²) in [6.07, 6.45) is 5.91. The maximum atomic E-state index is 12.9. The molecule has 0 saturated heterocycles. The molecule has 1 aromatic rings. The molecule has 2 heteroatoms. The standard InChI is InChI=1S/C17H28FN/c1-4-12-19-17(7-5-6-14(2)3)13-15-8-10-16(18)11-9-15/h8-11,14,17,19H,4-7,12-13H2,1-3H3. The predicted molar refractivity (Wildman–Crippen MR) is 80.9 cm³/mol. The minimum atomic E-state index is -0.151. The van der Waals surface area contributed by atoms with Gasteiger partial charge in [0.25, 0.3) is 0 Å². The normalized spacial score (nSPS) is 12.9. The molecule has 0 spiro atoms. The van der Waals surface area contributed by atoms with E-state index in [0.29, 0.717) is 6.04 Å². The molecule has 0 saturated carbocycles. The zero-order chi connectivity index (χ0) is 14.1.